The number of carbonyl (C=O) groups is 1. The van der Waals surface area contributed by atoms with Gasteiger partial charge in [0.25, 0.3) is 10.1 Å². The second kappa shape index (κ2) is 9.15. The van der Waals surface area contributed by atoms with Crippen LogP contribution < -0.4 is 0 Å². The van der Waals surface area contributed by atoms with E-state index in [-0.39, 0.29) is 40.4 Å². The number of carbonyl (C=O) groups excluding carboxylic acids is 1. The maximum absolute atomic E-state index is 11.5. The van der Waals surface area contributed by atoms with E-state index >= 15 is 0 Å². The molecule has 0 aromatic heterocycles. The van der Waals surface area contributed by atoms with Crippen molar-refractivity contribution in [1.29, 1.82) is 0 Å². The Kier molecular flexibility index (Phi) is 7.86. The third-order valence-electron chi connectivity index (χ3n) is 3.07. The van der Waals surface area contributed by atoms with Gasteiger partial charge in [0.05, 0.1) is 17.1 Å². The average molecular weight is 355 g/mol. The molecule has 0 aliphatic rings. The van der Waals surface area contributed by atoms with Gasteiger partial charge in [-0.25, -0.2) is 4.79 Å². The van der Waals surface area contributed by atoms with Gasteiger partial charge in [-0.1, -0.05) is 36.4 Å². The van der Waals surface area contributed by atoms with E-state index < -0.39 is 10.1 Å². The number of hydrogen-bond acceptors (Lipinski definition) is 4. The number of hydrogen-bond donors (Lipinski definition) is 1. The second-order valence-corrected chi connectivity index (χ2v) is 6.14. The molecular formula is C17H16NaO5S. The summed E-state index contributed by atoms with van der Waals surface area (Å²) >= 11 is 0. The average Bonchev–Trinajstić information content (AvgIpc) is 2.53. The van der Waals surface area contributed by atoms with Crippen LogP contribution in [0.2, 0.25) is 0 Å². The first-order valence-electron chi connectivity index (χ1n) is 6.93. The van der Waals surface area contributed by atoms with Crippen LogP contribution in [0, 0.1) is 0 Å². The molecule has 121 valence electrons. The molecule has 0 spiro atoms. The van der Waals surface area contributed by atoms with E-state index in [1.54, 1.807) is 49.4 Å². The first-order valence-corrected chi connectivity index (χ1v) is 8.37. The van der Waals surface area contributed by atoms with Crippen LogP contribution in [0.5, 0.6) is 0 Å². The van der Waals surface area contributed by atoms with Crippen LogP contribution in [0.15, 0.2) is 53.4 Å². The number of esters is 1. The van der Waals surface area contributed by atoms with Crippen LogP contribution in [-0.4, -0.2) is 55.1 Å². The molecule has 2 rings (SSSR count). The van der Waals surface area contributed by atoms with E-state index in [9.17, 15) is 13.2 Å². The zero-order chi connectivity index (χ0) is 16.9. The topological polar surface area (TPSA) is 80.7 Å². The molecule has 0 unspecified atom stereocenters. The first-order chi connectivity index (χ1) is 10.9. The maximum Gasteiger partial charge on any atom is 0.338 e. The first kappa shape index (κ1) is 20.6. The largest absolute Gasteiger partial charge is 0.462 e. The third kappa shape index (κ3) is 5.89. The van der Waals surface area contributed by atoms with Crippen LogP contribution >= 0.6 is 0 Å². The molecule has 1 radical (unpaired) electrons. The molecule has 0 saturated carbocycles. The van der Waals surface area contributed by atoms with Gasteiger partial charge in [-0.05, 0) is 42.3 Å². The Morgan fingerprint density at radius 1 is 1.00 bits per heavy atom. The van der Waals surface area contributed by atoms with Gasteiger partial charge in [-0.3, -0.25) is 4.55 Å². The standard InChI is InChI=1S/C17H16O5S.Na/c1-2-22-17(18)15-9-5-13(6-10-15)3-4-14-7-11-16(12-8-14)23(19,20)21;/h3-12H,2H2,1H3,(H,19,20,21);. The van der Waals surface area contributed by atoms with E-state index in [1.165, 1.54) is 12.1 Å². The Bertz CT molecular complexity index is 809. The van der Waals surface area contributed by atoms with Gasteiger partial charge in [0.1, 0.15) is 0 Å². The Balaban J connectivity index is 0.00000288. The molecule has 1 N–H and O–H groups in total. The monoisotopic (exact) mass is 355 g/mol. The molecule has 24 heavy (non-hydrogen) atoms. The molecule has 0 fully saturated rings. The molecule has 0 saturated heterocycles. The van der Waals surface area contributed by atoms with Crippen molar-refractivity contribution in [3.8, 4) is 0 Å². The Morgan fingerprint density at radius 3 is 1.88 bits per heavy atom. The quantitative estimate of drug-likeness (QED) is 0.386. The predicted octanol–water partition coefficient (Wildman–Crippen LogP) is 2.90. The number of benzene rings is 2. The van der Waals surface area contributed by atoms with Crippen molar-refractivity contribution in [3.05, 3.63) is 65.2 Å². The minimum absolute atomic E-state index is 0. The van der Waals surface area contributed by atoms with E-state index in [4.69, 9.17) is 9.29 Å². The zero-order valence-corrected chi connectivity index (χ0v) is 16.3. The second-order valence-electron chi connectivity index (χ2n) is 4.72. The van der Waals surface area contributed by atoms with E-state index in [1.807, 2.05) is 6.08 Å². The molecule has 0 heterocycles. The SMILES string of the molecule is CCOC(=O)c1ccc(C=Cc2ccc(S(=O)(=O)O)cc2)cc1.[Na]. The molecule has 5 nitrogen and oxygen atoms in total. The summed E-state index contributed by atoms with van der Waals surface area (Å²) in [5, 5.41) is 0. The Morgan fingerprint density at radius 2 is 1.46 bits per heavy atom. The Labute approximate surface area is 163 Å². The molecule has 0 aliphatic heterocycles. The molecule has 2 aromatic rings. The van der Waals surface area contributed by atoms with Crippen LogP contribution in [0.4, 0.5) is 0 Å². The third-order valence-corrected chi connectivity index (χ3v) is 3.94. The number of ether oxygens (including phenoxy) is 1. The van der Waals surface area contributed by atoms with Crippen molar-refractivity contribution in [2.24, 2.45) is 0 Å². The van der Waals surface area contributed by atoms with Crippen molar-refractivity contribution >= 4 is 57.8 Å². The summed E-state index contributed by atoms with van der Waals surface area (Å²) in [6.07, 6.45) is 3.63. The minimum Gasteiger partial charge on any atom is -0.462 e. The molecular weight excluding hydrogens is 339 g/mol. The van der Waals surface area contributed by atoms with Gasteiger partial charge in [0.15, 0.2) is 0 Å². The van der Waals surface area contributed by atoms with Crippen LogP contribution in [0.1, 0.15) is 28.4 Å². The van der Waals surface area contributed by atoms with Gasteiger partial charge in [0.2, 0.25) is 0 Å². The van der Waals surface area contributed by atoms with Gasteiger partial charge in [0, 0.05) is 29.6 Å². The smallest absolute Gasteiger partial charge is 0.338 e. The fourth-order valence-electron chi connectivity index (χ4n) is 1.89. The van der Waals surface area contributed by atoms with E-state index in [0.29, 0.717) is 12.2 Å². The molecule has 7 heteroatoms. The van der Waals surface area contributed by atoms with Gasteiger partial charge < -0.3 is 4.74 Å². The van der Waals surface area contributed by atoms with Crippen molar-refractivity contribution in [2.75, 3.05) is 6.61 Å². The van der Waals surface area contributed by atoms with Gasteiger partial charge >= 0.3 is 5.97 Å². The number of rotatable bonds is 5. The molecule has 0 amide bonds. The van der Waals surface area contributed by atoms with Crippen molar-refractivity contribution in [3.63, 3.8) is 0 Å². The summed E-state index contributed by atoms with van der Waals surface area (Å²) in [5.74, 6) is -0.358. The zero-order valence-electron chi connectivity index (χ0n) is 13.5. The summed E-state index contributed by atoms with van der Waals surface area (Å²) in [5.41, 5.74) is 2.16. The normalized spacial score (nSPS) is 11.1. The maximum atomic E-state index is 11.5. The molecule has 2 aromatic carbocycles. The fraction of sp³-hybridized carbons (Fsp3) is 0.118. The van der Waals surface area contributed by atoms with Crippen LogP contribution in [0.25, 0.3) is 12.2 Å². The molecule has 0 atom stereocenters. The van der Waals surface area contributed by atoms with Gasteiger partial charge in [-0.2, -0.15) is 8.42 Å². The minimum atomic E-state index is -4.17. The van der Waals surface area contributed by atoms with E-state index in [0.717, 1.165) is 11.1 Å². The van der Waals surface area contributed by atoms with Crippen molar-refractivity contribution in [1.82, 2.24) is 0 Å². The molecule has 0 bridgehead atoms. The summed E-state index contributed by atoms with van der Waals surface area (Å²) in [7, 11) is -4.17. The Hall–Kier alpha value is -1.44. The summed E-state index contributed by atoms with van der Waals surface area (Å²) in [4.78, 5) is 11.4. The summed E-state index contributed by atoms with van der Waals surface area (Å²) < 4.78 is 35.7. The van der Waals surface area contributed by atoms with E-state index in [2.05, 4.69) is 0 Å². The summed E-state index contributed by atoms with van der Waals surface area (Å²) in [6.45, 7) is 2.09. The van der Waals surface area contributed by atoms with Crippen LogP contribution in [-0.2, 0) is 14.9 Å². The van der Waals surface area contributed by atoms with Crippen molar-refractivity contribution in [2.45, 2.75) is 11.8 Å². The van der Waals surface area contributed by atoms with Crippen LogP contribution in [0.3, 0.4) is 0 Å². The van der Waals surface area contributed by atoms with Gasteiger partial charge in [-0.15, -0.1) is 0 Å². The summed E-state index contributed by atoms with van der Waals surface area (Å²) in [6, 6.07) is 12.8. The van der Waals surface area contributed by atoms with Crippen molar-refractivity contribution < 1.29 is 22.5 Å². The fourth-order valence-corrected chi connectivity index (χ4v) is 2.37. The molecule has 0 aliphatic carbocycles. The predicted molar refractivity (Wildman–Crippen MR) is 93.3 cm³/mol.